The third-order valence-electron chi connectivity index (χ3n) is 6.12. The summed E-state index contributed by atoms with van der Waals surface area (Å²) in [7, 11) is 1.68. The summed E-state index contributed by atoms with van der Waals surface area (Å²) in [6.07, 6.45) is 1.35. The van der Waals surface area contributed by atoms with Gasteiger partial charge in [0.05, 0.1) is 29.4 Å². The molecule has 1 atom stereocenters. The SMILES string of the molecule is Cn1c(=O)n(CCC(C)(C)O)c2cc(Nc3nc(N4CC(CO)CC(F)(F)C4)ncc3Cl)ccc21. The van der Waals surface area contributed by atoms with Gasteiger partial charge in [0.25, 0.3) is 5.92 Å². The number of benzene rings is 1. The van der Waals surface area contributed by atoms with E-state index in [0.717, 1.165) is 5.52 Å². The highest BCUT2D eigenvalue weighted by molar-refractivity contribution is 6.32. The summed E-state index contributed by atoms with van der Waals surface area (Å²) in [4.78, 5) is 22.6. The number of aliphatic hydroxyl groups excluding tert-OH is 1. The Morgan fingerprint density at radius 3 is 2.74 bits per heavy atom. The number of rotatable bonds is 7. The first-order valence-electron chi connectivity index (χ1n) is 11.3. The molecule has 1 fully saturated rings. The molecule has 0 amide bonds. The van der Waals surface area contributed by atoms with E-state index in [9.17, 15) is 23.8 Å². The van der Waals surface area contributed by atoms with E-state index in [4.69, 9.17) is 11.6 Å². The maximum atomic E-state index is 14.2. The molecular weight excluding hydrogens is 482 g/mol. The predicted octanol–water partition coefficient (Wildman–Crippen LogP) is 3.14. The van der Waals surface area contributed by atoms with Crippen LogP contribution >= 0.6 is 11.6 Å². The first kappa shape index (κ1) is 25.3. The second-order valence-corrected chi connectivity index (χ2v) is 10.1. The average molecular weight is 511 g/mol. The van der Waals surface area contributed by atoms with Crippen molar-refractivity contribution in [1.82, 2.24) is 19.1 Å². The molecule has 0 radical (unpaired) electrons. The zero-order chi connectivity index (χ0) is 25.5. The number of imidazole rings is 1. The number of hydrogen-bond donors (Lipinski definition) is 3. The summed E-state index contributed by atoms with van der Waals surface area (Å²) in [6, 6.07) is 5.32. The number of halogens is 3. The Balaban J connectivity index is 1.64. The first-order chi connectivity index (χ1) is 16.4. The molecule has 3 heterocycles. The van der Waals surface area contributed by atoms with Crippen LogP contribution in [0.5, 0.6) is 0 Å². The molecule has 1 aliphatic heterocycles. The second kappa shape index (κ2) is 9.36. The maximum Gasteiger partial charge on any atom is 0.328 e. The topological polar surface area (TPSA) is 108 Å². The molecule has 1 aliphatic rings. The van der Waals surface area contributed by atoms with E-state index in [1.54, 1.807) is 43.7 Å². The van der Waals surface area contributed by atoms with E-state index in [2.05, 4.69) is 15.3 Å². The lowest BCUT2D eigenvalue weighted by Crippen LogP contribution is -2.48. The smallest absolute Gasteiger partial charge is 0.328 e. The minimum Gasteiger partial charge on any atom is -0.396 e. The van der Waals surface area contributed by atoms with Gasteiger partial charge in [0.15, 0.2) is 5.82 Å². The van der Waals surface area contributed by atoms with Gasteiger partial charge in [-0.15, -0.1) is 0 Å². The largest absolute Gasteiger partial charge is 0.396 e. The molecule has 35 heavy (non-hydrogen) atoms. The Bertz CT molecular complexity index is 1290. The van der Waals surface area contributed by atoms with Crippen molar-refractivity contribution in [2.24, 2.45) is 13.0 Å². The van der Waals surface area contributed by atoms with Crippen molar-refractivity contribution in [3.05, 3.63) is 39.9 Å². The fraction of sp³-hybridized carbons (Fsp3) is 0.522. The van der Waals surface area contributed by atoms with Crippen LogP contribution in [0.2, 0.25) is 5.02 Å². The van der Waals surface area contributed by atoms with E-state index in [1.165, 1.54) is 15.7 Å². The van der Waals surface area contributed by atoms with Crippen molar-refractivity contribution in [2.45, 2.75) is 44.8 Å². The number of aromatic nitrogens is 4. The Morgan fingerprint density at radius 2 is 2.06 bits per heavy atom. The molecule has 1 aromatic carbocycles. The van der Waals surface area contributed by atoms with Crippen molar-refractivity contribution >= 4 is 40.1 Å². The van der Waals surface area contributed by atoms with Crippen LogP contribution in [0.25, 0.3) is 11.0 Å². The van der Waals surface area contributed by atoms with Crippen molar-refractivity contribution in [3.8, 4) is 0 Å². The highest BCUT2D eigenvalue weighted by Gasteiger charge is 2.41. The van der Waals surface area contributed by atoms with Gasteiger partial charge in [0.2, 0.25) is 5.95 Å². The molecule has 1 saturated heterocycles. The van der Waals surface area contributed by atoms with Crippen molar-refractivity contribution in [1.29, 1.82) is 0 Å². The fourth-order valence-electron chi connectivity index (χ4n) is 4.31. The van der Waals surface area contributed by atoms with Gasteiger partial charge < -0.3 is 20.4 Å². The fourth-order valence-corrected chi connectivity index (χ4v) is 4.44. The van der Waals surface area contributed by atoms with Crippen molar-refractivity contribution in [3.63, 3.8) is 0 Å². The molecular formula is C23H29ClF2N6O3. The van der Waals surface area contributed by atoms with E-state index in [1.807, 2.05) is 0 Å². The molecule has 0 saturated carbocycles. The molecule has 9 nitrogen and oxygen atoms in total. The Morgan fingerprint density at radius 1 is 1.31 bits per heavy atom. The zero-order valence-electron chi connectivity index (χ0n) is 19.8. The highest BCUT2D eigenvalue weighted by atomic mass is 35.5. The van der Waals surface area contributed by atoms with Gasteiger partial charge >= 0.3 is 5.69 Å². The molecule has 0 bridgehead atoms. The lowest BCUT2D eigenvalue weighted by molar-refractivity contribution is -0.0377. The third kappa shape index (κ3) is 5.57. The monoisotopic (exact) mass is 510 g/mol. The number of anilines is 3. The van der Waals surface area contributed by atoms with Crippen molar-refractivity contribution < 1.29 is 19.0 Å². The maximum absolute atomic E-state index is 14.2. The van der Waals surface area contributed by atoms with Crippen LogP contribution in [0, 0.1) is 5.92 Å². The zero-order valence-corrected chi connectivity index (χ0v) is 20.6. The predicted molar refractivity (Wildman–Crippen MR) is 131 cm³/mol. The number of nitrogens with zero attached hydrogens (tertiary/aromatic N) is 5. The van der Waals surface area contributed by atoms with Gasteiger partial charge in [0, 0.05) is 44.8 Å². The minimum absolute atomic E-state index is 0.0811. The van der Waals surface area contributed by atoms with Gasteiger partial charge in [-0.25, -0.2) is 18.6 Å². The highest BCUT2D eigenvalue weighted by Crippen LogP contribution is 2.33. The lowest BCUT2D eigenvalue weighted by Gasteiger charge is -2.36. The molecule has 3 N–H and O–H groups in total. The quantitative estimate of drug-likeness (QED) is 0.448. The van der Waals surface area contributed by atoms with Crippen LogP contribution in [0.4, 0.5) is 26.2 Å². The molecule has 0 aliphatic carbocycles. The Kier molecular flexibility index (Phi) is 6.78. The number of piperidine rings is 1. The molecule has 3 aromatic rings. The van der Waals surface area contributed by atoms with E-state index >= 15 is 0 Å². The molecule has 12 heteroatoms. The molecule has 190 valence electrons. The average Bonchev–Trinajstić information content (AvgIpc) is 3.01. The van der Waals surface area contributed by atoms with Gasteiger partial charge in [0.1, 0.15) is 5.02 Å². The number of nitrogens with one attached hydrogen (secondary N) is 1. The van der Waals surface area contributed by atoms with Crippen molar-refractivity contribution in [2.75, 3.05) is 29.9 Å². The Hall–Kier alpha value is -2.76. The Labute approximate surface area is 206 Å². The summed E-state index contributed by atoms with van der Waals surface area (Å²) in [5.41, 5.74) is 0.842. The normalized spacial score (nSPS) is 18.3. The lowest BCUT2D eigenvalue weighted by atomic mass is 9.96. The van der Waals surface area contributed by atoms with Crippen LogP contribution in [0.1, 0.15) is 26.7 Å². The summed E-state index contributed by atoms with van der Waals surface area (Å²) in [6.45, 7) is 3.01. The van der Waals surface area contributed by atoms with Gasteiger partial charge in [-0.3, -0.25) is 9.13 Å². The number of hydrogen-bond acceptors (Lipinski definition) is 7. The summed E-state index contributed by atoms with van der Waals surface area (Å²) in [5, 5.41) is 22.8. The van der Waals surface area contributed by atoms with Crippen LogP contribution in [-0.2, 0) is 13.6 Å². The van der Waals surface area contributed by atoms with E-state index < -0.39 is 24.0 Å². The van der Waals surface area contributed by atoms with Crippen LogP contribution in [0.3, 0.4) is 0 Å². The van der Waals surface area contributed by atoms with Gasteiger partial charge in [-0.1, -0.05) is 11.6 Å². The molecule has 2 aromatic heterocycles. The van der Waals surface area contributed by atoms with Crippen LogP contribution in [-0.4, -0.2) is 60.5 Å². The third-order valence-corrected chi connectivity index (χ3v) is 6.39. The number of fused-ring (bicyclic) bond motifs is 1. The number of aryl methyl sites for hydroxylation is 2. The van der Waals surface area contributed by atoms with E-state index in [-0.39, 0.29) is 42.1 Å². The minimum atomic E-state index is -2.96. The number of aliphatic hydroxyl groups is 2. The summed E-state index contributed by atoms with van der Waals surface area (Å²) < 4.78 is 31.5. The van der Waals surface area contributed by atoms with Gasteiger partial charge in [-0.2, -0.15) is 4.98 Å². The van der Waals surface area contributed by atoms with E-state index in [0.29, 0.717) is 24.2 Å². The standard InChI is InChI=1S/C23H29ClF2N6O3/c1-22(2,35)6-7-32-18-8-15(4-5-17(18)30(3)21(32)34)28-19-16(24)10-27-20(29-19)31-11-14(12-33)9-23(25,26)13-31/h4-5,8,10,14,33,35H,6-7,9,11-13H2,1-3H3,(H,27,28,29). The summed E-state index contributed by atoms with van der Waals surface area (Å²) in [5.74, 6) is -3.24. The second-order valence-electron chi connectivity index (χ2n) is 9.74. The van der Waals surface area contributed by atoms with Crippen LogP contribution in [0.15, 0.2) is 29.2 Å². The number of alkyl halides is 2. The molecule has 0 spiro atoms. The first-order valence-corrected chi connectivity index (χ1v) is 11.7. The van der Waals surface area contributed by atoms with Crippen LogP contribution < -0.4 is 15.9 Å². The molecule has 1 unspecified atom stereocenters. The summed E-state index contributed by atoms with van der Waals surface area (Å²) >= 11 is 6.29. The molecule has 4 rings (SSSR count). The van der Waals surface area contributed by atoms with Gasteiger partial charge in [-0.05, 0) is 38.5 Å².